The van der Waals surface area contributed by atoms with Crippen LogP contribution < -0.4 is 4.74 Å². The van der Waals surface area contributed by atoms with E-state index in [0.717, 1.165) is 17.9 Å². The fraction of sp³-hybridized carbons (Fsp3) is 0.500. The van der Waals surface area contributed by atoms with Gasteiger partial charge in [0.2, 0.25) is 0 Å². The van der Waals surface area contributed by atoms with Crippen molar-refractivity contribution >= 4 is 5.97 Å². The number of benzene rings is 1. The summed E-state index contributed by atoms with van der Waals surface area (Å²) in [6.07, 6.45) is 1.34. The van der Waals surface area contributed by atoms with Gasteiger partial charge < -0.3 is 14.2 Å². The highest BCUT2D eigenvalue weighted by Crippen LogP contribution is 2.17. The summed E-state index contributed by atoms with van der Waals surface area (Å²) in [6, 6.07) is 7.79. The Morgan fingerprint density at radius 1 is 1.50 bits per heavy atom. The molecular formula is C14H18O4. The summed E-state index contributed by atoms with van der Waals surface area (Å²) >= 11 is 0. The molecule has 18 heavy (non-hydrogen) atoms. The molecule has 2 rings (SSSR count). The molecule has 0 radical (unpaired) electrons. The monoisotopic (exact) mass is 250 g/mol. The number of epoxide rings is 1. The van der Waals surface area contributed by atoms with Crippen molar-refractivity contribution in [2.75, 3.05) is 19.8 Å². The van der Waals surface area contributed by atoms with Gasteiger partial charge in [-0.25, -0.2) is 0 Å². The Morgan fingerprint density at radius 2 is 2.33 bits per heavy atom. The zero-order valence-corrected chi connectivity index (χ0v) is 10.6. The minimum atomic E-state index is -0.157. The molecule has 0 bridgehead atoms. The van der Waals surface area contributed by atoms with Crippen LogP contribution in [0.3, 0.4) is 0 Å². The molecule has 4 nitrogen and oxygen atoms in total. The Bertz CT molecular complexity index is 399. The van der Waals surface area contributed by atoms with Gasteiger partial charge >= 0.3 is 5.97 Å². The van der Waals surface area contributed by atoms with Crippen LogP contribution in [0, 0.1) is 0 Å². The van der Waals surface area contributed by atoms with Gasteiger partial charge in [-0.1, -0.05) is 12.1 Å². The van der Waals surface area contributed by atoms with Crippen molar-refractivity contribution < 1.29 is 19.0 Å². The molecule has 0 amide bonds. The molecule has 0 spiro atoms. The standard InChI is InChI=1S/C14H18O4/c1-2-16-14(15)7-6-11-4-3-5-12(8-11)17-9-13-10-18-13/h3-5,8,13H,2,6-7,9-10H2,1H3. The lowest BCUT2D eigenvalue weighted by atomic mass is 10.1. The Labute approximate surface area is 107 Å². The Kier molecular flexibility index (Phi) is 4.59. The summed E-state index contributed by atoms with van der Waals surface area (Å²) in [4.78, 5) is 11.3. The maximum atomic E-state index is 11.3. The van der Waals surface area contributed by atoms with Crippen LogP contribution in [-0.4, -0.2) is 31.9 Å². The van der Waals surface area contributed by atoms with Gasteiger partial charge in [-0.3, -0.25) is 4.79 Å². The van der Waals surface area contributed by atoms with Crippen LogP contribution in [0.25, 0.3) is 0 Å². The van der Waals surface area contributed by atoms with E-state index < -0.39 is 0 Å². The molecule has 0 N–H and O–H groups in total. The number of hydrogen-bond acceptors (Lipinski definition) is 4. The van der Waals surface area contributed by atoms with E-state index in [-0.39, 0.29) is 12.1 Å². The van der Waals surface area contributed by atoms with Crippen LogP contribution >= 0.6 is 0 Å². The predicted octanol–water partition coefficient (Wildman–Crippen LogP) is 1.96. The third kappa shape index (κ3) is 4.37. The van der Waals surface area contributed by atoms with Gasteiger partial charge in [-0.05, 0) is 31.0 Å². The van der Waals surface area contributed by atoms with Crippen molar-refractivity contribution in [3.05, 3.63) is 29.8 Å². The van der Waals surface area contributed by atoms with E-state index >= 15 is 0 Å². The number of rotatable bonds is 7. The van der Waals surface area contributed by atoms with Gasteiger partial charge in [0, 0.05) is 6.42 Å². The van der Waals surface area contributed by atoms with E-state index in [1.165, 1.54) is 0 Å². The molecule has 1 saturated heterocycles. The van der Waals surface area contributed by atoms with Gasteiger partial charge in [0.05, 0.1) is 13.2 Å². The molecule has 0 saturated carbocycles. The number of carbonyl (C=O) groups is 1. The molecule has 1 unspecified atom stereocenters. The lowest BCUT2D eigenvalue weighted by molar-refractivity contribution is -0.143. The second-order valence-electron chi connectivity index (χ2n) is 4.22. The average molecular weight is 250 g/mol. The van der Waals surface area contributed by atoms with E-state index in [2.05, 4.69) is 0 Å². The molecule has 1 aromatic rings. The molecule has 1 heterocycles. The summed E-state index contributed by atoms with van der Waals surface area (Å²) in [5.41, 5.74) is 1.08. The first-order chi connectivity index (χ1) is 8.78. The number of aryl methyl sites for hydroxylation is 1. The van der Waals surface area contributed by atoms with Crippen LogP contribution in [0.15, 0.2) is 24.3 Å². The minimum Gasteiger partial charge on any atom is -0.491 e. The second-order valence-corrected chi connectivity index (χ2v) is 4.22. The third-order valence-corrected chi connectivity index (χ3v) is 2.66. The Balaban J connectivity index is 1.80. The Hall–Kier alpha value is -1.55. The van der Waals surface area contributed by atoms with Crippen LogP contribution in [0.4, 0.5) is 0 Å². The molecule has 98 valence electrons. The molecule has 1 aromatic carbocycles. The van der Waals surface area contributed by atoms with E-state index in [9.17, 15) is 4.79 Å². The van der Waals surface area contributed by atoms with E-state index in [4.69, 9.17) is 14.2 Å². The van der Waals surface area contributed by atoms with Gasteiger partial charge in [-0.2, -0.15) is 0 Å². The Morgan fingerprint density at radius 3 is 3.06 bits per heavy atom. The van der Waals surface area contributed by atoms with E-state index in [1.54, 1.807) is 0 Å². The quantitative estimate of drug-likeness (QED) is 0.548. The predicted molar refractivity (Wildman–Crippen MR) is 66.6 cm³/mol. The maximum Gasteiger partial charge on any atom is 0.306 e. The zero-order valence-electron chi connectivity index (χ0n) is 10.6. The molecule has 1 aliphatic rings. The van der Waals surface area contributed by atoms with Gasteiger partial charge in [0.25, 0.3) is 0 Å². The number of carbonyl (C=O) groups excluding carboxylic acids is 1. The first kappa shape index (κ1) is 12.9. The van der Waals surface area contributed by atoms with Crippen molar-refractivity contribution in [3.63, 3.8) is 0 Å². The highest BCUT2D eigenvalue weighted by atomic mass is 16.6. The summed E-state index contributed by atoms with van der Waals surface area (Å²) < 4.78 is 15.6. The highest BCUT2D eigenvalue weighted by Gasteiger charge is 2.22. The SMILES string of the molecule is CCOC(=O)CCc1cccc(OCC2CO2)c1. The lowest BCUT2D eigenvalue weighted by Gasteiger charge is -2.06. The minimum absolute atomic E-state index is 0.157. The van der Waals surface area contributed by atoms with Gasteiger partial charge in [0.1, 0.15) is 18.5 Å². The van der Waals surface area contributed by atoms with E-state index in [1.807, 2.05) is 31.2 Å². The molecule has 0 aliphatic carbocycles. The van der Waals surface area contributed by atoms with Crippen LogP contribution in [-0.2, 0) is 20.7 Å². The van der Waals surface area contributed by atoms with Crippen molar-refractivity contribution in [3.8, 4) is 5.75 Å². The maximum absolute atomic E-state index is 11.3. The normalized spacial score (nSPS) is 17.3. The van der Waals surface area contributed by atoms with Gasteiger partial charge in [-0.15, -0.1) is 0 Å². The van der Waals surface area contributed by atoms with Crippen LogP contribution in [0.2, 0.25) is 0 Å². The number of hydrogen-bond donors (Lipinski definition) is 0. The first-order valence-electron chi connectivity index (χ1n) is 6.27. The van der Waals surface area contributed by atoms with Crippen molar-refractivity contribution in [1.82, 2.24) is 0 Å². The molecule has 1 atom stereocenters. The summed E-state index contributed by atoms with van der Waals surface area (Å²) in [5, 5.41) is 0. The number of ether oxygens (including phenoxy) is 3. The zero-order chi connectivity index (χ0) is 12.8. The smallest absolute Gasteiger partial charge is 0.306 e. The third-order valence-electron chi connectivity index (χ3n) is 2.66. The molecule has 1 aliphatic heterocycles. The lowest BCUT2D eigenvalue weighted by Crippen LogP contribution is -2.06. The van der Waals surface area contributed by atoms with Crippen LogP contribution in [0.5, 0.6) is 5.75 Å². The van der Waals surface area contributed by atoms with Crippen molar-refractivity contribution in [2.24, 2.45) is 0 Å². The number of esters is 1. The van der Waals surface area contributed by atoms with Gasteiger partial charge in [0.15, 0.2) is 0 Å². The largest absolute Gasteiger partial charge is 0.491 e. The molecule has 0 aromatic heterocycles. The fourth-order valence-corrected chi connectivity index (χ4v) is 1.62. The second kappa shape index (κ2) is 6.40. The van der Waals surface area contributed by atoms with Crippen LogP contribution in [0.1, 0.15) is 18.9 Å². The summed E-state index contributed by atoms with van der Waals surface area (Å²) in [5.74, 6) is 0.669. The summed E-state index contributed by atoms with van der Waals surface area (Å²) in [6.45, 7) is 3.64. The summed E-state index contributed by atoms with van der Waals surface area (Å²) in [7, 11) is 0. The molecular weight excluding hydrogens is 232 g/mol. The van der Waals surface area contributed by atoms with Crippen molar-refractivity contribution in [2.45, 2.75) is 25.9 Å². The molecule has 1 fully saturated rings. The fourth-order valence-electron chi connectivity index (χ4n) is 1.62. The van der Waals surface area contributed by atoms with Crippen molar-refractivity contribution in [1.29, 1.82) is 0 Å². The molecule has 4 heteroatoms. The topological polar surface area (TPSA) is 48.1 Å². The first-order valence-corrected chi connectivity index (χ1v) is 6.27. The average Bonchev–Trinajstić information content (AvgIpc) is 3.19. The highest BCUT2D eigenvalue weighted by molar-refractivity contribution is 5.69. The van der Waals surface area contributed by atoms with E-state index in [0.29, 0.717) is 26.1 Å².